The molecule has 1 rings (SSSR count). The first-order valence-electron chi connectivity index (χ1n) is 6.83. The van der Waals surface area contributed by atoms with E-state index in [0.29, 0.717) is 0 Å². The van der Waals surface area contributed by atoms with Gasteiger partial charge in [-0.05, 0) is 42.4 Å². The zero-order valence-corrected chi connectivity index (χ0v) is 12.1. The van der Waals surface area contributed by atoms with Gasteiger partial charge in [-0.25, -0.2) is 0 Å². The fourth-order valence-corrected chi connectivity index (χ4v) is 1.71. The maximum Gasteiger partial charge on any atom is 0.119 e. The molecule has 0 saturated carbocycles. The highest BCUT2D eigenvalue weighted by atomic mass is 16.5. The maximum atomic E-state index is 9.99. The second-order valence-corrected chi connectivity index (χ2v) is 5.91. The Morgan fingerprint density at radius 2 is 1.78 bits per heavy atom. The van der Waals surface area contributed by atoms with Crippen molar-refractivity contribution in [1.29, 1.82) is 0 Å². The van der Waals surface area contributed by atoms with Gasteiger partial charge in [0.25, 0.3) is 0 Å². The number of ether oxygens (including phenoxy) is 1. The molecule has 0 bridgehead atoms. The Balaban J connectivity index is 2.44. The van der Waals surface area contributed by atoms with Gasteiger partial charge in [0.15, 0.2) is 0 Å². The van der Waals surface area contributed by atoms with Crippen molar-refractivity contribution in [2.45, 2.75) is 53.1 Å². The SMILES string of the molecule is CCCOc1ccc(CCC(O)C(C)(C)C)cc1. The highest BCUT2D eigenvalue weighted by molar-refractivity contribution is 5.27. The van der Waals surface area contributed by atoms with E-state index in [9.17, 15) is 5.11 Å². The van der Waals surface area contributed by atoms with Crippen molar-refractivity contribution in [3.63, 3.8) is 0 Å². The van der Waals surface area contributed by atoms with E-state index in [-0.39, 0.29) is 11.5 Å². The molecule has 1 unspecified atom stereocenters. The Kier molecular flexibility index (Phi) is 5.67. The van der Waals surface area contributed by atoms with Gasteiger partial charge >= 0.3 is 0 Å². The number of aryl methyl sites for hydroxylation is 1. The summed E-state index contributed by atoms with van der Waals surface area (Å²) in [6, 6.07) is 8.18. The molecule has 0 radical (unpaired) electrons. The van der Waals surface area contributed by atoms with Crippen molar-refractivity contribution in [3.05, 3.63) is 29.8 Å². The molecule has 0 amide bonds. The quantitative estimate of drug-likeness (QED) is 0.831. The molecular weight excluding hydrogens is 224 g/mol. The number of aliphatic hydroxyl groups excluding tert-OH is 1. The average molecular weight is 250 g/mol. The molecule has 0 saturated heterocycles. The Hall–Kier alpha value is -1.02. The molecule has 0 aromatic heterocycles. The standard InChI is InChI=1S/C16H26O2/c1-5-12-18-14-9-6-13(7-10-14)8-11-15(17)16(2,3)4/h6-7,9-10,15,17H,5,8,11-12H2,1-4H3. The van der Waals surface area contributed by atoms with Gasteiger partial charge in [-0.1, -0.05) is 39.8 Å². The van der Waals surface area contributed by atoms with Crippen molar-refractivity contribution < 1.29 is 9.84 Å². The van der Waals surface area contributed by atoms with E-state index in [2.05, 4.69) is 39.8 Å². The lowest BCUT2D eigenvalue weighted by atomic mass is 9.86. The van der Waals surface area contributed by atoms with Crippen LogP contribution < -0.4 is 4.74 Å². The van der Waals surface area contributed by atoms with Gasteiger partial charge in [-0.3, -0.25) is 0 Å². The molecule has 0 aliphatic rings. The van der Waals surface area contributed by atoms with Crippen LogP contribution in [0, 0.1) is 5.41 Å². The van der Waals surface area contributed by atoms with Crippen LogP contribution in [0.15, 0.2) is 24.3 Å². The first-order valence-corrected chi connectivity index (χ1v) is 6.83. The van der Waals surface area contributed by atoms with Crippen LogP contribution in [0.2, 0.25) is 0 Å². The van der Waals surface area contributed by atoms with Crippen LogP contribution in [0.1, 0.15) is 46.1 Å². The minimum absolute atomic E-state index is 0.0375. The Morgan fingerprint density at radius 1 is 1.17 bits per heavy atom. The van der Waals surface area contributed by atoms with Crippen molar-refractivity contribution in [2.75, 3.05) is 6.61 Å². The van der Waals surface area contributed by atoms with E-state index in [0.717, 1.165) is 31.6 Å². The molecule has 2 nitrogen and oxygen atoms in total. The van der Waals surface area contributed by atoms with Crippen LogP contribution in [0.5, 0.6) is 5.75 Å². The Bertz CT molecular complexity index is 335. The lowest BCUT2D eigenvalue weighted by molar-refractivity contribution is 0.0560. The normalized spacial score (nSPS) is 13.4. The highest BCUT2D eigenvalue weighted by Gasteiger charge is 2.21. The van der Waals surface area contributed by atoms with E-state index in [1.807, 2.05) is 12.1 Å². The van der Waals surface area contributed by atoms with Crippen LogP contribution in [-0.4, -0.2) is 17.8 Å². The summed E-state index contributed by atoms with van der Waals surface area (Å²) in [7, 11) is 0. The molecule has 1 N–H and O–H groups in total. The van der Waals surface area contributed by atoms with Crippen molar-refractivity contribution in [1.82, 2.24) is 0 Å². The summed E-state index contributed by atoms with van der Waals surface area (Å²) in [6.07, 6.45) is 2.48. The minimum atomic E-state index is -0.256. The third-order valence-electron chi connectivity index (χ3n) is 3.10. The largest absolute Gasteiger partial charge is 0.494 e. The topological polar surface area (TPSA) is 29.5 Å². The number of aliphatic hydroxyl groups is 1. The number of hydrogen-bond donors (Lipinski definition) is 1. The summed E-state index contributed by atoms with van der Waals surface area (Å²) in [4.78, 5) is 0. The van der Waals surface area contributed by atoms with Crippen molar-refractivity contribution >= 4 is 0 Å². The summed E-state index contributed by atoms with van der Waals surface area (Å²) >= 11 is 0. The van der Waals surface area contributed by atoms with Crippen LogP contribution in [0.3, 0.4) is 0 Å². The second kappa shape index (κ2) is 6.79. The number of hydrogen-bond acceptors (Lipinski definition) is 2. The third-order valence-corrected chi connectivity index (χ3v) is 3.10. The molecular formula is C16H26O2. The zero-order valence-electron chi connectivity index (χ0n) is 12.1. The van der Waals surface area contributed by atoms with Gasteiger partial charge < -0.3 is 9.84 Å². The molecule has 2 heteroatoms. The van der Waals surface area contributed by atoms with Crippen LogP contribution in [0.25, 0.3) is 0 Å². The minimum Gasteiger partial charge on any atom is -0.494 e. The zero-order chi connectivity index (χ0) is 13.6. The van der Waals surface area contributed by atoms with Gasteiger partial charge in [0.05, 0.1) is 12.7 Å². The molecule has 0 fully saturated rings. The number of rotatable bonds is 6. The van der Waals surface area contributed by atoms with Gasteiger partial charge in [0.2, 0.25) is 0 Å². The van der Waals surface area contributed by atoms with Gasteiger partial charge in [-0.2, -0.15) is 0 Å². The Morgan fingerprint density at radius 3 is 2.28 bits per heavy atom. The molecule has 1 aromatic carbocycles. The third kappa shape index (κ3) is 5.09. The van der Waals surface area contributed by atoms with E-state index < -0.39 is 0 Å². The monoisotopic (exact) mass is 250 g/mol. The van der Waals surface area contributed by atoms with Crippen LogP contribution >= 0.6 is 0 Å². The van der Waals surface area contributed by atoms with E-state index >= 15 is 0 Å². The molecule has 102 valence electrons. The molecule has 0 heterocycles. The van der Waals surface area contributed by atoms with E-state index in [4.69, 9.17) is 4.74 Å². The molecule has 0 aliphatic heterocycles. The van der Waals surface area contributed by atoms with E-state index in [1.165, 1.54) is 5.56 Å². The lowest BCUT2D eigenvalue weighted by Gasteiger charge is -2.25. The highest BCUT2D eigenvalue weighted by Crippen LogP contribution is 2.23. The summed E-state index contributed by atoms with van der Waals surface area (Å²) < 4.78 is 5.54. The second-order valence-electron chi connectivity index (χ2n) is 5.91. The Labute approximate surface area is 111 Å². The predicted molar refractivity (Wildman–Crippen MR) is 76.0 cm³/mol. The molecule has 0 aliphatic carbocycles. The summed E-state index contributed by atoms with van der Waals surface area (Å²) in [5, 5.41) is 9.99. The van der Waals surface area contributed by atoms with Gasteiger partial charge in [-0.15, -0.1) is 0 Å². The van der Waals surface area contributed by atoms with Crippen molar-refractivity contribution in [2.24, 2.45) is 5.41 Å². The van der Waals surface area contributed by atoms with E-state index in [1.54, 1.807) is 0 Å². The van der Waals surface area contributed by atoms with Crippen LogP contribution in [-0.2, 0) is 6.42 Å². The first kappa shape index (κ1) is 15.0. The summed E-state index contributed by atoms with van der Waals surface area (Å²) in [6.45, 7) is 9.07. The first-order chi connectivity index (χ1) is 8.43. The molecule has 18 heavy (non-hydrogen) atoms. The smallest absolute Gasteiger partial charge is 0.119 e. The average Bonchev–Trinajstić information content (AvgIpc) is 2.33. The lowest BCUT2D eigenvalue weighted by Crippen LogP contribution is -2.26. The van der Waals surface area contributed by atoms with Gasteiger partial charge in [0, 0.05) is 0 Å². The summed E-state index contributed by atoms with van der Waals surface area (Å²) in [5.74, 6) is 0.928. The molecule has 1 aromatic rings. The van der Waals surface area contributed by atoms with Gasteiger partial charge in [0.1, 0.15) is 5.75 Å². The molecule has 1 atom stereocenters. The fourth-order valence-electron chi connectivity index (χ4n) is 1.71. The molecule has 0 spiro atoms. The maximum absolute atomic E-state index is 9.99. The summed E-state index contributed by atoms with van der Waals surface area (Å²) in [5.41, 5.74) is 1.21. The predicted octanol–water partition coefficient (Wildman–Crippen LogP) is 3.82. The number of benzene rings is 1. The fraction of sp³-hybridized carbons (Fsp3) is 0.625. The van der Waals surface area contributed by atoms with Crippen molar-refractivity contribution in [3.8, 4) is 5.75 Å². The van der Waals surface area contributed by atoms with Crippen LogP contribution in [0.4, 0.5) is 0 Å².